The van der Waals surface area contributed by atoms with Crippen LogP contribution in [0.5, 0.6) is 11.5 Å². The molecule has 0 fully saturated rings. The van der Waals surface area contributed by atoms with Crippen LogP contribution >= 0.6 is 11.8 Å². The van der Waals surface area contributed by atoms with Crippen molar-refractivity contribution in [3.63, 3.8) is 0 Å². The predicted molar refractivity (Wildman–Crippen MR) is 90.8 cm³/mol. The van der Waals surface area contributed by atoms with E-state index < -0.39 is 0 Å². The molecular formula is C18H15NO3S. The zero-order chi connectivity index (χ0) is 15.6. The fraction of sp³-hybridized carbons (Fsp3) is 0.167. The highest BCUT2D eigenvalue weighted by Crippen LogP contribution is 2.34. The minimum absolute atomic E-state index is 0.113. The van der Waals surface area contributed by atoms with Crippen LogP contribution in [0.4, 0.5) is 0 Å². The van der Waals surface area contributed by atoms with E-state index in [1.165, 1.54) is 11.8 Å². The zero-order valence-electron chi connectivity index (χ0n) is 12.4. The molecule has 3 aromatic rings. The van der Waals surface area contributed by atoms with Gasteiger partial charge in [0.25, 0.3) is 0 Å². The highest BCUT2D eigenvalue weighted by atomic mass is 32.2. The normalized spacial score (nSPS) is 13.2. The molecule has 116 valence electrons. The van der Waals surface area contributed by atoms with Gasteiger partial charge < -0.3 is 14.5 Å². The molecule has 0 spiro atoms. The van der Waals surface area contributed by atoms with Gasteiger partial charge in [0.1, 0.15) is 13.2 Å². The second kappa shape index (κ2) is 6.01. The van der Waals surface area contributed by atoms with Gasteiger partial charge in [0, 0.05) is 27.6 Å². The maximum atomic E-state index is 12.5. The molecule has 1 aliphatic heterocycles. The third-order valence-electron chi connectivity index (χ3n) is 3.77. The molecular weight excluding hydrogens is 310 g/mol. The Labute approximate surface area is 137 Å². The molecule has 0 saturated carbocycles. The highest BCUT2D eigenvalue weighted by Gasteiger charge is 2.15. The number of benzene rings is 2. The Morgan fingerprint density at radius 2 is 1.91 bits per heavy atom. The molecule has 4 nitrogen and oxygen atoms in total. The summed E-state index contributed by atoms with van der Waals surface area (Å²) in [6, 6.07) is 13.6. The van der Waals surface area contributed by atoms with Crippen molar-refractivity contribution < 1.29 is 14.3 Å². The molecule has 1 N–H and O–H groups in total. The first-order valence-electron chi connectivity index (χ1n) is 7.43. The van der Waals surface area contributed by atoms with Crippen molar-refractivity contribution in [3.8, 4) is 11.5 Å². The Hall–Kier alpha value is -2.40. The summed E-state index contributed by atoms with van der Waals surface area (Å²) in [5.41, 5.74) is 1.73. The number of aromatic nitrogens is 1. The molecule has 0 radical (unpaired) electrons. The summed E-state index contributed by atoms with van der Waals surface area (Å²) in [7, 11) is 0. The molecule has 1 aliphatic rings. The minimum Gasteiger partial charge on any atom is -0.486 e. The second-order valence-corrected chi connectivity index (χ2v) is 6.31. The van der Waals surface area contributed by atoms with Crippen LogP contribution in [-0.2, 0) is 0 Å². The number of ketones is 1. The Balaban J connectivity index is 1.49. The molecule has 0 unspecified atom stereocenters. The number of H-pyrrole nitrogens is 1. The summed E-state index contributed by atoms with van der Waals surface area (Å²) < 4.78 is 11.1. The number of carbonyl (C=O) groups is 1. The van der Waals surface area contributed by atoms with E-state index >= 15 is 0 Å². The lowest BCUT2D eigenvalue weighted by Crippen LogP contribution is -2.15. The van der Waals surface area contributed by atoms with E-state index in [4.69, 9.17) is 9.47 Å². The first kappa shape index (κ1) is 14.2. The number of aromatic amines is 1. The maximum absolute atomic E-state index is 12.5. The molecule has 0 amide bonds. The van der Waals surface area contributed by atoms with E-state index in [1.54, 1.807) is 6.20 Å². The average molecular weight is 325 g/mol. The van der Waals surface area contributed by atoms with Gasteiger partial charge in [-0.1, -0.05) is 18.2 Å². The standard InChI is InChI=1S/C18H15NO3S/c20-16(14-10-19-15-4-2-1-3-13(14)15)11-23-12-5-6-17-18(9-12)22-8-7-21-17/h1-6,9-10,19H,7-8,11H2. The third-order valence-corrected chi connectivity index (χ3v) is 4.77. The largest absolute Gasteiger partial charge is 0.486 e. The number of nitrogens with one attached hydrogen (secondary N) is 1. The van der Waals surface area contributed by atoms with Gasteiger partial charge in [-0.2, -0.15) is 0 Å². The van der Waals surface area contributed by atoms with Crippen LogP contribution in [0.15, 0.2) is 53.6 Å². The molecule has 0 bridgehead atoms. The molecule has 0 aliphatic carbocycles. The van der Waals surface area contributed by atoms with Crippen molar-refractivity contribution in [3.05, 3.63) is 54.2 Å². The number of hydrogen-bond donors (Lipinski definition) is 1. The van der Waals surface area contributed by atoms with Crippen molar-refractivity contribution in [2.75, 3.05) is 19.0 Å². The van der Waals surface area contributed by atoms with Crippen molar-refractivity contribution in [1.82, 2.24) is 4.98 Å². The Bertz CT molecular complexity index is 872. The van der Waals surface area contributed by atoms with Crippen molar-refractivity contribution in [1.29, 1.82) is 0 Å². The third kappa shape index (κ3) is 2.80. The van der Waals surface area contributed by atoms with Gasteiger partial charge in [-0.15, -0.1) is 11.8 Å². The van der Waals surface area contributed by atoms with Crippen LogP contribution in [0.2, 0.25) is 0 Å². The Morgan fingerprint density at radius 1 is 1.09 bits per heavy atom. The molecule has 5 heteroatoms. The topological polar surface area (TPSA) is 51.3 Å². The fourth-order valence-electron chi connectivity index (χ4n) is 2.64. The molecule has 23 heavy (non-hydrogen) atoms. The van der Waals surface area contributed by atoms with E-state index in [2.05, 4.69) is 4.98 Å². The van der Waals surface area contributed by atoms with E-state index in [9.17, 15) is 4.79 Å². The van der Waals surface area contributed by atoms with Gasteiger partial charge in [0.2, 0.25) is 0 Å². The van der Waals surface area contributed by atoms with E-state index in [0.29, 0.717) is 19.0 Å². The number of thioether (sulfide) groups is 1. The summed E-state index contributed by atoms with van der Waals surface area (Å²) in [6.45, 7) is 1.15. The van der Waals surface area contributed by atoms with E-state index in [1.807, 2.05) is 42.5 Å². The predicted octanol–water partition coefficient (Wildman–Crippen LogP) is 3.91. The summed E-state index contributed by atoms with van der Waals surface area (Å²) in [6.07, 6.45) is 1.79. The van der Waals surface area contributed by atoms with Crippen LogP contribution in [0.1, 0.15) is 10.4 Å². The van der Waals surface area contributed by atoms with Gasteiger partial charge in [-0.05, 0) is 24.3 Å². The lowest BCUT2D eigenvalue weighted by Gasteiger charge is -2.18. The van der Waals surface area contributed by atoms with Crippen LogP contribution in [0, 0.1) is 0 Å². The minimum atomic E-state index is 0.113. The number of hydrogen-bond acceptors (Lipinski definition) is 4. The van der Waals surface area contributed by atoms with E-state index in [0.717, 1.165) is 32.9 Å². The zero-order valence-corrected chi connectivity index (χ0v) is 13.2. The van der Waals surface area contributed by atoms with Crippen molar-refractivity contribution in [2.24, 2.45) is 0 Å². The van der Waals surface area contributed by atoms with Crippen LogP contribution in [0.25, 0.3) is 10.9 Å². The average Bonchev–Trinajstić information content (AvgIpc) is 3.03. The van der Waals surface area contributed by atoms with Crippen molar-refractivity contribution in [2.45, 2.75) is 4.90 Å². The quantitative estimate of drug-likeness (QED) is 0.583. The maximum Gasteiger partial charge on any atom is 0.175 e. The number of para-hydroxylation sites is 1. The lowest BCUT2D eigenvalue weighted by molar-refractivity contribution is 0.102. The van der Waals surface area contributed by atoms with Crippen LogP contribution in [0.3, 0.4) is 0 Å². The number of Topliss-reactive ketones (excluding diaryl/α,β-unsaturated/α-hetero) is 1. The SMILES string of the molecule is O=C(CSc1ccc2c(c1)OCCO2)c1c[nH]c2ccccc12. The van der Waals surface area contributed by atoms with E-state index in [-0.39, 0.29) is 5.78 Å². The Kier molecular flexibility index (Phi) is 3.71. The van der Waals surface area contributed by atoms with Gasteiger partial charge in [-0.3, -0.25) is 4.79 Å². The summed E-state index contributed by atoms with van der Waals surface area (Å²) in [4.78, 5) is 16.6. The summed E-state index contributed by atoms with van der Waals surface area (Å²) >= 11 is 1.51. The molecule has 2 heterocycles. The number of ether oxygens (including phenoxy) is 2. The number of fused-ring (bicyclic) bond motifs is 2. The van der Waals surface area contributed by atoms with Crippen LogP contribution < -0.4 is 9.47 Å². The molecule has 0 atom stereocenters. The summed E-state index contributed by atoms with van der Waals surface area (Å²) in [5, 5.41) is 0.972. The second-order valence-electron chi connectivity index (χ2n) is 5.27. The van der Waals surface area contributed by atoms with Gasteiger partial charge in [0.05, 0.1) is 5.75 Å². The molecule has 4 rings (SSSR count). The fourth-order valence-corrected chi connectivity index (χ4v) is 3.45. The lowest BCUT2D eigenvalue weighted by atomic mass is 10.1. The van der Waals surface area contributed by atoms with Gasteiger partial charge in [0.15, 0.2) is 17.3 Å². The van der Waals surface area contributed by atoms with Gasteiger partial charge >= 0.3 is 0 Å². The molecule has 2 aromatic carbocycles. The first-order valence-corrected chi connectivity index (χ1v) is 8.41. The van der Waals surface area contributed by atoms with Gasteiger partial charge in [-0.25, -0.2) is 0 Å². The van der Waals surface area contributed by atoms with Crippen LogP contribution in [-0.4, -0.2) is 29.7 Å². The number of rotatable bonds is 4. The molecule has 1 aromatic heterocycles. The van der Waals surface area contributed by atoms with Crippen molar-refractivity contribution >= 4 is 28.4 Å². The smallest absolute Gasteiger partial charge is 0.175 e. The monoisotopic (exact) mass is 325 g/mol. The first-order chi connectivity index (χ1) is 11.3. The summed E-state index contributed by atoms with van der Waals surface area (Å²) in [5.74, 6) is 2.02. The molecule has 0 saturated heterocycles. The Morgan fingerprint density at radius 3 is 2.83 bits per heavy atom. The highest BCUT2D eigenvalue weighted by molar-refractivity contribution is 8.00. The number of carbonyl (C=O) groups excluding carboxylic acids is 1.